The fourth-order valence-electron chi connectivity index (χ4n) is 4.92. The first kappa shape index (κ1) is 21.4. The first-order valence-electron chi connectivity index (χ1n) is 10.9. The molecular formula is C22H26N10O2. The topological polar surface area (TPSA) is 199 Å². The number of hydrogen-bond acceptors (Lipinski definition) is 6. The number of rotatable bonds is 8. The lowest BCUT2D eigenvalue weighted by atomic mass is 9.54. The SMILES string of the molecule is Nc1ncc([C@H]2[C@H](CNC(=O)c3ccc[nH]3)[C@@H](CNC(=O)c3ccc[nH]3)[C@@H]2c2cnc(N)[nH]2)[nH]1. The molecule has 2 amide bonds. The van der Waals surface area contributed by atoms with Crippen molar-refractivity contribution in [2.45, 2.75) is 11.8 Å². The van der Waals surface area contributed by atoms with Crippen LogP contribution in [0.15, 0.2) is 49.1 Å². The maximum atomic E-state index is 12.6. The molecule has 12 heteroatoms. The first-order chi connectivity index (χ1) is 16.5. The minimum Gasteiger partial charge on any atom is -0.369 e. The third kappa shape index (κ3) is 4.00. The van der Waals surface area contributed by atoms with E-state index in [4.69, 9.17) is 11.5 Å². The second kappa shape index (κ2) is 8.81. The van der Waals surface area contributed by atoms with E-state index in [0.717, 1.165) is 11.4 Å². The smallest absolute Gasteiger partial charge is 0.267 e. The van der Waals surface area contributed by atoms with E-state index in [-0.39, 0.29) is 35.5 Å². The van der Waals surface area contributed by atoms with Crippen molar-refractivity contribution >= 4 is 23.7 Å². The molecule has 4 aromatic heterocycles. The van der Waals surface area contributed by atoms with Crippen molar-refractivity contribution in [3.63, 3.8) is 0 Å². The van der Waals surface area contributed by atoms with E-state index in [2.05, 4.69) is 40.5 Å². The van der Waals surface area contributed by atoms with E-state index in [0.29, 0.717) is 36.4 Å². The number of carbonyl (C=O) groups is 2. The molecule has 4 atom stereocenters. The number of H-pyrrole nitrogens is 4. The Bertz CT molecular complexity index is 1160. The monoisotopic (exact) mass is 462 g/mol. The maximum Gasteiger partial charge on any atom is 0.267 e. The van der Waals surface area contributed by atoms with Crippen molar-refractivity contribution in [1.29, 1.82) is 0 Å². The Kier molecular flexibility index (Phi) is 5.54. The van der Waals surface area contributed by atoms with Crippen molar-refractivity contribution in [2.24, 2.45) is 11.8 Å². The minimum atomic E-state index is -0.198. The number of carbonyl (C=O) groups excluding carboxylic acids is 2. The molecule has 1 aliphatic carbocycles. The van der Waals surface area contributed by atoms with Crippen molar-refractivity contribution in [3.8, 4) is 0 Å². The van der Waals surface area contributed by atoms with Crippen LogP contribution in [0.1, 0.15) is 44.2 Å². The molecule has 4 heterocycles. The van der Waals surface area contributed by atoms with Gasteiger partial charge < -0.3 is 42.0 Å². The molecule has 176 valence electrons. The Balaban J connectivity index is 1.40. The third-order valence-corrected chi connectivity index (χ3v) is 6.49. The zero-order chi connectivity index (χ0) is 23.7. The molecule has 10 N–H and O–H groups in total. The van der Waals surface area contributed by atoms with Crippen LogP contribution < -0.4 is 22.1 Å². The summed E-state index contributed by atoms with van der Waals surface area (Å²) in [5, 5.41) is 6.02. The van der Waals surface area contributed by atoms with E-state index in [1.54, 1.807) is 49.1 Å². The Morgan fingerprint density at radius 3 is 1.56 bits per heavy atom. The van der Waals surface area contributed by atoms with Gasteiger partial charge in [0.05, 0.1) is 12.4 Å². The Hall–Kier alpha value is -4.48. The maximum absolute atomic E-state index is 12.6. The zero-order valence-corrected chi connectivity index (χ0v) is 18.2. The van der Waals surface area contributed by atoms with Crippen LogP contribution in [0.4, 0.5) is 11.9 Å². The summed E-state index contributed by atoms with van der Waals surface area (Å²) in [6.07, 6.45) is 6.82. The summed E-state index contributed by atoms with van der Waals surface area (Å²) in [6.45, 7) is 0.787. The predicted molar refractivity (Wildman–Crippen MR) is 125 cm³/mol. The highest BCUT2D eigenvalue weighted by Gasteiger charge is 2.53. The molecule has 1 fully saturated rings. The molecule has 1 saturated carbocycles. The number of nitrogens with zero attached hydrogens (tertiary/aromatic N) is 2. The van der Waals surface area contributed by atoms with Crippen molar-refractivity contribution in [1.82, 2.24) is 40.5 Å². The van der Waals surface area contributed by atoms with Gasteiger partial charge in [-0.05, 0) is 36.1 Å². The molecule has 0 unspecified atom stereocenters. The van der Waals surface area contributed by atoms with Crippen LogP contribution >= 0.6 is 0 Å². The highest BCUT2D eigenvalue weighted by molar-refractivity contribution is 5.92. The summed E-state index contributed by atoms with van der Waals surface area (Å²) >= 11 is 0. The Morgan fingerprint density at radius 2 is 1.24 bits per heavy atom. The summed E-state index contributed by atoms with van der Waals surface area (Å²) in [4.78, 5) is 45.6. The third-order valence-electron chi connectivity index (χ3n) is 6.49. The highest BCUT2D eigenvalue weighted by atomic mass is 16.2. The molecule has 0 aliphatic heterocycles. The molecule has 1 aliphatic rings. The number of nitrogens with two attached hydrogens (primary N) is 2. The predicted octanol–water partition coefficient (Wildman–Crippen LogP) is 0.927. The molecule has 5 rings (SSSR count). The fraction of sp³-hybridized carbons (Fsp3) is 0.273. The molecule has 0 saturated heterocycles. The molecule has 0 spiro atoms. The van der Waals surface area contributed by atoms with Gasteiger partial charge in [0.15, 0.2) is 11.9 Å². The van der Waals surface area contributed by atoms with Gasteiger partial charge in [0.2, 0.25) is 0 Å². The van der Waals surface area contributed by atoms with Gasteiger partial charge in [0, 0.05) is 48.7 Å². The van der Waals surface area contributed by atoms with Crippen LogP contribution in [0, 0.1) is 11.8 Å². The molecule has 34 heavy (non-hydrogen) atoms. The molecule has 12 nitrogen and oxygen atoms in total. The van der Waals surface area contributed by atoms with E-state index in [1.807, 2.05) is 0 Å². The summed E-state index contributed by atoms with van der Waals surface area (Å²) < 4.78 is 0. The van der Waals surface area contributed by atoms with Gasteiger partial charge >= 0.3 is 0 Å². The molecule has 0 bridgehead atoms. The Labute approximate surface area is 194 Å². The van der Waals surface area contributed by atoms with Crippen LogP contribution in [0.25, 0.3) is 0 Å². The quantitative estimate of drug-likeness (QED) is 0.191. The number of aromatic amines is 4. The number of aromatic nitrogens is 6. The van der Waals surface area contributed by atoms with Gasteiger partial charge in [-0.25, -0.2) is 9.97 Å². The minimum absolute atomic E-state index is 0.0165. The average molecular weight is 463 g/mol. The highest BCUT2D eigenvalue weighted by Crippen LogP contribution is 2.56. The Morgan fingerprint density at radius 1 is 0.794 bits per heavy atom. The molecule has 4 aromatic rings. The van der Waals surface area contributed by atoms with Crippen LogP contribution in [0.2, 0.25) is 0 Å². The van der Waals surface area contributed by atoms with Gasteiger partial charge in [-0.15, -0.1) is 0 Å². The van der Waals surface area contributed by atoms with Crippen molar-refractivity contribution < 1.29 is 9.59 Å². The van der Waals surface area contributed by atoms with Crippen LogP contribution in [-0.4, -0.2) is 54.8 Å². The zero-order valence-electron chi connectivity index (χ0n) is 18.2. The van der Waals surface area contributed by atoms with Crippen LogP contribution in [0.5, 0.6) is 0 Å². The lowest BCUT2D eigenvalue weighted by Crippen LogP contribution is -2.53. The number of amides is 2. The lowest BCUT2D eigenvalue weighted by molar-refractivity contribution is 0.0674. The molecule has 0 radical (unpaired) electrons. The summed E-state index contributed by atoms with van der Waals surface area (Å²) in [6, 6.07) is 6.97. The second-order valence-corrected chi connectivity index (χ2v) is 8.41. The molecular weight excluding hydrogens is 436 g/mol. The van der Waals surface area contributed by atoms with Gasteiger partial charge in [0.25, 0.3) is 11.8 Å². The van der Waals surface area contributed by atoms with Crippen LogP contribution in [-0.2, 0) is 0 Å². The number of hydrogen-bond donors (Lipinski definition) is 8. The van der Waals surface area contributed by atoms with Crippen molar-refractivity contribution in [2.75, 3.05) is 24.6 Å². The number of anilines is 2. The number of imidazole rings is 2. The standard InChI is InChI=1S/C22H26N10O2/c23-21-29-9-15(31-21)17-11(7-27-19(33)13-3-1-5-25-13)12(18(17)16-10-30-22(24)32-16)8-28-20(34)14-4-2-6-26-14/h1-6,9-12,17-18,25-26H,7-8H2,(H,27,33)(H,28,34)(H3,23,29,31)(H3,24,30,32)/t11-,12-,17-,18-/m1/s1. The second-order valence-electron chi connectivity index (χ2n) is 8.41. The molecule has 0 aromatic carbocycles. The normalized spacial score (nSPS) is 21.6. The fourth-order valence-corrected chi connectivity index (χ4v) is 4.92. The van der Waals surface area contributed by atoms with E-state index < -0.39 is 0 Å². The van der Waals surface area contributed by atoms with Gasteiger partial charge in [-0.2, -0.15) is 0 Å². The number of nitrogen functional groups attached to an aromatic ring is 2. The van der Waals surface area contributed by atoms with E-state index in [9.17, 15) is 9.59 Å². The largest absolute Gasteiger partial charge is 0.369 e. The average Bonchev–Trinajstić information content (AvgIpc) is 3.61. The summed E-state index contributed by atoms with van der Waals surface area (Å²) in [5.41, 5.74) is 14.4. The summed E-state index contributed by atoms with van der Waals surface area (Å²) in [7, 11) is 0. The van der Waals surface area contributed by atoms with Gasteiger partial charge in [0.1, 0.15) is 11.4 Å². The van der Waals surface area contributed by atoms with Gasteiger partial charge in [-0.3, -0.25) is 9.59 Å². The number of nitrogens with one attached hydrogen (secondary N) is 6. The van der Waals surface area contributed by atoms with E-state index >= 15 is 0 Å². The summed E-state index contributed by atoms with van der Waals surface area (Å²) in [5.74, 6) is 0.0927. The van der Waals surface area contributed by atoms with Crippen molar-refractivity contribution in [3.05, 3.63) is 71.8 Å². The first-order valence-corrected chi connectivity index (χ1v) is 10.9. The lowest BCUT2D eigenvalue weighted by Gasteiger charge is -2.51. The van der Waals surface area contributed by atoms with Gasteiger partial charge in [-0.1, -0.05) is 0 Å². The van der Waals surface area contributed by atoms with E-state index in [1.165, 1.54) is 0 Å². The van der Waals surface area contributed by atoms with Crippen LogP contribution in [0.3, 0.4) is 0 Å².